The molecule has 7 heteroatoms. The summed E-state index contributed by atoms with van der Waals surface area (Å²) in [4.78, 5) is 4.00. The first-order valence-electron chi connectivity index (χ1n) is 9.57. The van der Waals surface area contributed by atoms with Gasteiger partial charge in [0.25, 0.3) is 0 Å². The third-order valence-electron chi connectivity index (χ3n) is 4.72. The molecule has 0 saturated carbocycles. The highest BCUT2D eigenvalue weighted by atomic mass is 16.5. The first-order chi connectivity index (χ1) is 14.2. The second-order valence-corrected chi connectivity index (χ2v) is 6.91. The Hall–Kier alpha value is -3.45. The summed E-state index contributed by atoms with van der Waals surface area (Å²) in [7, 11) is 1.68. The first-order valence-corrected chi connectivity index (χ1v) is 9.57. The predicted octanol–water partition coefficient (Wildman–Crippen LogP) is 3.32. The second kappa shape index (κ2) is 8.70. The van der Waals surface area contributed by atoms with Gasteiger partial charge in [0.2, 0.25) is 0 Å². The number of hydrogen-bond donors (Lipinski definition) is 1. The fourth-order valence-electron chi connectivity index (χ4n) is 3.22. The van der Waals surface area contributed by atoms with E-state index in [2.05, 4.69) is 34.6 Å². The van der Waals surface area contributed by atoms with Crippen LogP contribution in [-0.4, -0.2) is 37.7 Å². The molecule has 0 bridgehead atoms. The van der Waals surface area contributed by atoms with E-state index in [1.807, 2.05) is 57.9 Å². The highest BCUT2D eigenvalue weighted by molar-refractivity contribution is 5.65. The fourth-order valence-corrected chi connectivity index (χ4v) is 3.22. The fraction of sp³-hybridized carbons (Fsp3) is 0.227. The van der Waals surface area contributed by atoms with Crippen molar-refractivity contribution in [1.82, 2.24) is 29.9 Å². The van der Waals surface area contributed by atoms with E-state index in [0.29, 0.717) is 6.54 Å². The number of para-hydroxylation sites is 1. The van der Waals surface area contributed by atoms with Gasteiger partial charge < -0.3 is 10.1 Å². The van der Waals surface area contributed by atoms with Gasteiger partial charge >= 0.3 is 0 Å². The van der Waals surface area contributed by atoms with Gasteiger partial charge in [-0.15, -0.1) is 0 Å². The highest BCUT2D eigenvalue weighted by Gasteiger charge is 2.14. The molecule has 0 saturated heterocycles. The summed E-state index contributed by atoms with van der Waals surface area (Å²) >= 11 is 0. The van der Waals surface area contributed by atoms with Crippen LogP contribution in [0.3, 0.4) is 0 Å². The summed E-state index contributed by atoms with van der Waals surface area (Å²) in [5.41, 5.74) is 4.11. The van der Waals surface area contributed by atoms with E-state index in [1.165, 1.54) is 0 Å². The van der Waals surface area contributed by atoms with E-state index < -0.39 is 0 Å². The second-order valence-electron chi connectivity index (χ2n) is 6.91. The van der Waals surface area contributed by atoms with Crippen molar-refractivity contribution in [1.29, 1.82) is 0 Å². The lowest BCUT2D eigenvalue weighted by Gasteiger charge is -2.13. The molecule has 4 rings (SSSR count). The average Bonchev–Trinajstić information content (AvgIpc) is 3.43. The van der Waals surface area contributed by atoms with Crippen LogP contribution in [0.15, 0.2) is 73.4 Å². The van der Waals surface area contributed by atoms with Gasteiger partial charge in [-0.25, -0.2) is 9.67 Å². The molecular weight excluding hydrogens is 364 g/mol. The van der Waals surface area contributed by atoms with Gasteiger partial charge in [-0.2, -0.15) is 10.2 Å². The highest BCUT2D eigenvalue weighted by Crippen LogP contribution is 2.27. The molecule has 0 aliphatic heterocycles. The van der Waals surface area contributed by atoms with Crippen LogP contribution in [0.4, 0.5) is 0 Å². The Labute approximate surface area is 170 Å². The van der Waals surface area contributed by atoms with Gasteiger partial charge in [-0.3, -0.25) is 4.68 Å². The topological polar surface area (TPSA) is 69.8 Å². The van der Waals surface area contributed by atoms with Crippen LogP contribution >= 0.6 is 0 Å². The predicted molar refractivity (Wildman–Crippen MR) is 112 cm³/mol. The number of benzene rings is 2. The van der Waals surface area contributed by atoms with Crippen LogP contribution in [0.5, 0.6) is 5.75 Å². The molecule has 1 atom stereocenters. The van der Waals surface area contributed by atoms with Crippen LogP contribution in [0.25, 0.3) is 16.9 Å². The van der Waals surface area contributed by atoms with Gasteiger partial charge in [0, 0.05) is 29.9 Å². The molecule has 0 spiro atoms. The summed E-state index contributed by atoms with van der Waals surface area (Å²) in [5, 5.41) is 12.6. The molecule has 0 amide bonds. The van der Waals surface area contributed by atoms with E-state index in [-0.39, 0.29) is 6.04 Å². The van der Waals surface area contributed by atoms with Crippen molar-refractivity contribution < 1.29 is 4.74 Å². The molecule has 0 fully saturated rings. The van der Waals surface area contributed by atoms with E-state index in [1.54, 1.807) is 19.8 Å². The standard InChI is InChI=1S/C22H24N6O/c1-17(13-27-16-23-15-25-27)24-12-19-14-28(20-8-4-3-5-9-20)26-22(19)18-7-6-10-21(11-18)29-2/h3-11,14-17,24H,12-13H2,1-2H3/t17-/m0/s1. The molecule has 0 radical (unpaired) electrons. The molecule has 2 heterocycles. The number of nitrogens with zero attached hydrogens (tertiary/aromatic N) is 5. The lowest BCUT2D eigenvalue weighted by Crippen LogP contribution is -2.30. The first kappa shape index (κ1) is 18.9. The van der Waals surface area contributed by atoms with Crippen LogP contribution in [-0.2, 0) is 13.1 Å². The summed E-state index contributed by atoms with van der Waals surface area (Å²) in [6, 6.07) is 18.4. The monoisotopic (exact) mass is 388 g/mol. The molecule has 0 aliphatic rings. The van der Waals surface area contributed by atoms with Crippen molar-refractivity contribution in [3.8, 4) is 22.7 Å². The zero-order chi connectivity index (χ0) is 20.1. The molecule has 148 valence electrons. The number of hydrogen-bond acceptors (Lipinski definition) is 5. The van der Waals surface area contributed by atoms with E-state index in [9.17, 15) is 0 Å². The molecular formula is C22H24N6O. The van der Waals surface area contributed by atoms with Crippen LogP contribution in [0, 0.1) is 0 Å². The van der Waals surface area contributed by atoms with Crippen molar-refractivity contribution in [3.05, 3.63) is 79.0 Å². The number of aromatic nitrogens is 5. The Kier molecular flexibility index (Phi) is 5.67. The smallest absolute Gasteiger partial charge is 0.137 e. The van der Waals surface area contributed by atoms with Gasteiger partial charge in [-0.1, -0.05) is 30.3 Å². The van der Waals surface area contributed by atoms with Gasteiger partial charge in [0.05, 0.1) is 25.0 Å². The molecule has 7 nitrogen and oxygen atoms in total. The quantitative estimate of drug-likeness (QED) is 0.501. The lowest BCUT2D eigenvalue weighted by atomic mass is 10.1. The van der Waals surface area contributed by atoms with Crippen LogP contribution in [0.2, 0.25) is 0 Å². The zero-order valence-electron chi connectivity index (χ0n) is 16.6. The lowest BCUT2D eigenvalue weighted by molar-refractivity contribution is 0.415. The maximum absolute atomic E-state index is 5.40. The molecule has 29 heavy (non-hydrogen) atoms. The minimum Gasteiger partial charge on any atom is -0.497 e. The Morgan fingerprint density at radius 2 is 1.97 bits per heavy atom. The van der Waals surface area contributed by atoms with E-state index >= 15 is 0 Å². The van der Waals surface area contributed by atoms with Crippen molar-refractivity contribution in [3.63, 3.8) is 0 Å². The minimum absolute atomic E-state index is 0.231. The third kappa shape index (κ3) is 4.52. The third-order valence-corrected chi connectivity index (χ3v) is 4.72. The van der Waals surface area contributed by atoms with E-state index in [0.717, 1.165) is 34.8 Å². The van der Waals surface area contributed by atoms with Gasteiger partial charge in [0.1, 0.15) is 18.4 Å². The van der Waals surface area contributed by atoms with Crippen molar-refractivity contribution in [2.75, 3.05) is 7.11 Å². The molecule has 0 aliphatic carbocycles. The number of ether oxygens (including phenoxy) is 1. The number of nitrogens with one attached hydrogen (secondary N) is 1. The Morgan fingerprint density at radius 1 is 1.10 bits per heavy atom. The van der Waals surface area contributed by atoms with Crippen molar-refractivity contribution in [2.45, 2.75) is 26.1 Å². The summed E-state index contributed by atoms with van der Waals surface area (Å²) in [5.74, 6) is 0.815. The number of rotatable bonds is 8. The number of methoxy groups -OCH3 is 1. The zero-order valence-corrected chi connectivity index (χ0v) is 16.6. The SMILES string of the molecule is COc1cccc(-c2nn(-c3ccccc3)cc2CN[C@@H](C)Cn2cncn2)c1. The van der Waals surface area contributed by atoms with Gasteiger partial charge in [-0.05, 0) is 31.2 Å². The largest absolute Gasteiger partial charge is 0.497 e. The maximum Gasteiger partial charge on any atom is 0.137 e. The molecule has 4 aromatic rings. The molecule has 2 aromatic carbocycles. The van der Waals surface area contributed by atoms with Crippen LogP contribution in [0.1, 0.15) is 12.5 Å². The Morgan fingerprint density at radius 3 is 2.72 bits per heavy atom. The average molecular weight is 388 g/mol. The molecule has 2 aromatic heterocycles. The Balaban J connectivity index is 1.61. The van der Waals surface area contributed by atoms with Gasteiger partial charge in [0.15, 0.2) is 0 Å². The van der Waals surface area contributed by atoms with E-state index in [4.69, 9.17) is 9.84 Å². The van der Waals surface area contributed by atoms with Crippen molar-refractivity contribution in [2.24, 2.45) is 0 Å². The van der Waals surface area contributed by atoms with Crippen LogP contribution < -0.4 is 10.1 Å². The normalized spacial score (nSPS) is 12.1. The summed E-state index contributed by atoms with van der Waals surface area (Å²) in [6.45, 7) is 3.57. The molecule has 1 N–H and O–H groups in total. The van der Waals surface area contributed by atoms with Crippen molar-refractivity contribution >= 4 is 0 Å². The Bertz CT molecular complexity index is 1040. The summed E-state index contributed by atoms with van der Waals surface area (Å²) < 4.78 is 9.15. The minimum atomic E-state index is 0.231. The summed E-state index contributed by atoms with van der Waals surface area (Å²) in [6.07, 6.45) is 5.37. The maximum atomic E-state index is 5.40. The molecule has 0 unspecified atom stereocenters.